The number of pyridine rings is 1. The molecule has 1 N–H and O–H groups in total. The Morgan fingerprint density at radius 1 is 1.25 bits per heavy atom. The number of sulfone groups is 1. The fourth-order valence-electron chi connectivity index (χ4n) is 3.72. The van der Waals surface area contributed by atoms with Gasteiger partial charge in [-0.05, 0) is 49.7 Å². The van der Waals surface area contributed by atoms with E-state index in [4.69, 9.17) is 18.9 Å². The maximum absolute atomic E-state index is 13.0. The van der Waals surface area contributed by atoms with Crippen molar-refractivity contribution in [3.63, 3.8) is 0 Å². The molecule has 1 aliphatic rings. The van der Waals surface area contributed by atoms with Crippen molar-refractivity contribution in [2.75, 3.05) is 46.9 Å². The largest absolute Gasteiger partial charge is 0.491 e. The van der Waals surface area contributed by atoms with Crippen LogP contribution >= 0.6 is 0 Å². The normalized spacial score (nSPS) is 22.8. The zero-order chi connectivity index (χ0) is 20.6. The molecule has 160 valence electrons. The van der Waals surface area contributed by atoms with Crippen LogP contribution in [0.5, 0.6) is 11.6 Å². The Morgan fingerprint density at radius 3 is 2.68 bits per heavy atom. The van der Waals surface area contributed by atoms with Gasteiger partial charge in [0.15, 0.2) is 20.5 Å². The second-order valence-corrected chi connectivity index (χ2v) is 9.30. The van der Waals surface area contributed by atoms with E-state index in [1.807, 2.05) is 6.07 Å². The van der Waals surface area contributed by atoms with E-state index in [-0.39, 0.29) is 18.3 Å². The summed E-state index contributed by atoms with van der Waals surface area (Å²) in [5.74, 6) is 0.540. The number of aliphatic hydroxyl groups excluding tert-OH is 1. The van der Waals surface area contributed by atoms with E-state index in [9.17, 15) is 13.5 Å². The summed E-state index contributed by atoms with van der Waals surface area (Å²) in [6, 6.07) is 1.84. The number of hydrogen-bond donors (Lipinski definition) is 1. The first kappa shape index (κ1) is 22.9. The Bertz CT molecular complexity index is 725. The van der Waals surface area contributed by atoms with E-state index < -0.39 is 21.4 Å². The minimum atomic E-state index is -3.64. The molecule has 1 saturated carbocycles. The lowest BCUT2D eigenvalue weighted by atomic mass is 9.82. The van der Waals surface area contributed by atoms with Gasteiger partial charge in [0.2, 0.25) is 0 Å². The SMILES string of the molecule is COCCCOC1(S(=O)(=O)CCO)CCCC(c2cnc(OC)c(OC)c2)C1. The lowest BCUT2D eigenvalue weighted by molar-refractivity contribution is -0.0199. The molecule has 1 heterocycles. The van der Waals surface area contributed by atoms with Crippen molar-refractivity contribution in [1.29, 1.82) is 0 Å². The molecule has 0 spiro atoms. The minimum Gasteiger partial charge on any atom is -0.491 e. The summed E-state index contributed by atoms with van der Waals surface area (Å²) in [5, 5.41) is 9.27. The van der Waals surface area contributed by atoms with Gasteiger partial charge in [-0.1, -0.05) is 0 Å². The van der Waals surface area contributed by atoms with Crippen LogP contribution in [0, 0.1) is 0 Å². The molecule has 2 rings (SSSR count). The third kappa shape index (κ3) is 5.14. The van der Waals surface area contributed by atoms with Crippen LogP contribution in [-0.4, -0.2) is 70.3 Å². The van der Waals surface area contributed by atoms with Crippen molar-refractivity contribution < 1.29 is 32.5 Å². The molecule has 9 heteroatoms. The average molecular weight is 418 g/mol. The number of hydrogen-bond acceptors (Lipinski definition) is 8. The third-order valence-electron chi connectivity index (χ3n) is 5.18. The van der Waals surface area contributed by atoms with Crippen molar-refractivity contribution in [1.82, 2.24) is 4.98 Å². The van der Waals surface area contributed by atoms with Gasteiger partial charge in [0.05, 0.1) is 33.2 Å². The topological polar surface area (TPSA) is 104 Å². The molecule has 1 aromatic rings. The van der Waals surface area contributed by atoms with Crippen molar-refractivity contribution >= 4 is 9.84 Å². The number of ether oxygens (including phenoxy) is 4. The number of nitrogens with zero attached hydrogens (tertiary/aromatic N) is 1. The third-order valence-corrected chi connectivity index (χ3v) is 7.52. The molecule has 8 nitrogen and oxygen atoms in total. The molecule has 0 saturated heterocycles. The summed E-state index contributed by atoms with van der Waals surface area (Å²) in [6.45, 7) is 0.364. The van der Waals surface area contributed by atoms with Crippen LogP contribution in [0.15, 0.2) is 12.3 Å². The summed E-state index contributed by atoms with van der Waals surface area (Å²) in [7, 11) is 1.02. The van der Waals surface area contributed by atoms with E-state index in [2.05, 4.69) is 4.98 Å². The van der Waals surface area contributed by atoms with Gasteiger partial charge in [0.25, 0.3) is 5.88 Å². The monoisotopic (exact) mass is 417 g/mol. The molecule has 0 bridgehead atoms. The summed E-state index contributed by atoms with van der Waals surface area (Å²) in [6.07, 6.45) is 4.57. The van der Waals surface area contributed by atoms with Crippen LogP contribution in [0.1, 0.15) is 43.6 Å². The van der Waals surface area contributed by atoms with Gasteiger partial charge in [-0.15, -0.1) is 0 Å². The first-order valence-corrected chi connectivity index (χ1v) is 11.1. The summed E-state index contributed by atoms with van der Waals surface area (Å²) < 4.78 is 47.5. The number of rotatable bonds is 11. The van der Waals surface area contributed by atoms with Crippen LogP contribution in [0.3, 0.4) is 0 Å². The highest BCUT2D eigenvalue weighted by atomic mass is 32.2. The van der Waals surface area contributed by atoms with Crippen molar-refractivity contribution in [3.05, 3.63) is 17.8 Å². The number of aliphatic hydroxyl groups is 1. The smallest absolute Gasteiger partial charge is 0.256 e. The molecule has 0 aliphatic heterocycles. The quantitative estimate of drug-likeness (QED) is 0.545. The summed E-state index contributed by atoms with van der Waals surface area (Å²) in [5.41, 5.74) is 0.890. The molecule has 0 aromatic carbocycles. The van der Waals surface area contributed by atoms with E-state index in [0.717, 1.165) is 12.0 Å². The highest BCUT2D eigenvalue weighted by molar-refractivity contribution is 7.92. The molecule has 2 atom stereocenters. The van der Waals surface area contributed by atoms with Crippen LogP contribution in [0.4, 0.5) is 0 Å². The molecule has 0 radical (unpaired) electrons. The van der Waals surface area contributed by atoms with Gasteiger partial charge in [-0.3, -0.25) is 0 Å². The predicted molar refractivity (Wildman–Crippen MR) is 105 cm³/mol. The molecule has 2 unspecified atom stereocenters. The van der Waals surface area contributed by atoms with Gasteiger partial charge in [0, 0.05) is 19.9 Å². The maximum Gasteiger partial charge on any atom is 0.256 e. The Labute approximate surface area is 167 Å². The zero-order valence-electron chi connectivity index (χ0n) is 16.8. The van der Waals surface area contributed by atoms with Gasteiger partial charge >= 0.3 is 0 Å². The van der Waals surface area contributed by atoms with Gasteiger partial charge in [-0.25, -0.2) is 13.4 Å². The lowest BCUT2D eigenvalue weighted by Gasteiger charge is -2.40. The molecular formula is C19H31NO7S. The summed E-state index contributed by atoms with van der Waals surface area (Å²) >= 11 is 0. The van der Waals surface area contributed by atoms with E-state index in [1.165, 1.54) is 7.11 Å². The molecule has 1 aliphatic carbocycles. The van der Waals surface area contributed by atoms with Crippen LogP contribution in [0.2, 0.25) is 0 Å². The van der Waals surface area contributed by atoms with Crippen molar-refractivity contribution in [2.24, 2.45) is 0 Å². The maximum atomic E-state index is 13.0. The minimum absolute atomic E-state index is 0.0445. The average Bonchev–Trinajstić information content (AvgIpc) is 2.70. The first-order valence-electron chi connectivity index (χ1n) is 9.47. The Hall–Kier alpha value is -1.42. The number of aromatic nitrogens is 1. The molecule has 1 fully saturated rings. The van der Waals surface area contributed by atoms with E-state index in [1.54, 1.807) is 20.4 Å². The van der Waals surface area contributed by atoms with Crippen molar-refractivity contribution in [2.45, 2.75) is 43.0 Å². The van der Waals surface area contributed by atoms with Gasteiger partial charge in [0.1, 0.15) is 0 Å². The summed E-state index contributed by atoms with van der Waals surface area (Å²) in [4.78, 5) is 2.98. The van der Waals surface area contributed by atoms with Crippen molar-refractivity contribution in [3.8, 4) is 11.6 Å². The Morgan fingerprint density at radius 2 is 2.04 bits per heavy atom. The van der Waals surface area contributed by atoms with E-state index >= 15 is 0 Å². The van der Waals surface area contributed by atoms with Gasteiger partial charge in [-0.2, -0.15) is 0 Å². The fraction of sp³-hybridized carbons (Fsp3) is 0.737. The first-order chi connectivity index (χ1) is 13.4. The lowest BCUT2D eigenvalue weighted by Crippen LogP contribution is -2.47. The second-order valence-electron chi connectivity index (χ2n) is 6.92. The highest BCUT2D eigenvalue weighted by Gasteiger charge is 2.48. The van der Waals surface area contributed by atoms with Crippen LogP contribution in [-0.2, 0) is 19.3 Å². The van der Waals surface area contributed by atoms with Crippen LogP contribution < -0.4 is 9.47 Å². The molecule has 0 amide bonds. The van der Waals surface area contributed by atoms with E-state index in [0.29, 0.717) is 43.9 Å². The van der Waals surface area contributed by atoms with Crippen LogP contribution in [0.25, 0.3) is 0 Å². The predicted octanol–water partition coefficient (Wildman–Crippen LogP) is 1.91. The highest BCUT2D eigenvalue weighted by Crippen LogP contribution is 2.45. The molecular weight excluding hydrogens is 386 g/mol. The number of methoxy groups -OCH3 is 3. The zero-order valence-corrected chi connectivity index (χ0v) is 17.7. The second kappa shape index (κ2) is 10.4. The molecule has 28 heavy (non-hydrogen) atoms. The fourth-order valence-corrected chi connectivity index (χ4v) is 5.51. The Kier molecular flexibility index (Phi) is 8.48. The standard InChI is InChI=1S/C19H31NO7S/c1-24-9-5-10-27-19(28(22,23)11-8-21)7-4-6-15(13-19)16-12-17(25-2)18(26-3)20-14-16/h12,14-15,21H,4-11,13H2,1-3H3. The van der Waals surface area contributed by atoms with Gasteiger partial charge < -0.3 is 24.1 Å². The Balaban J connectivity index is 2.29. The molecule has 1 aromatic heterocycles.